The van der Waals surface area contributed by atoms with Gasteiger partial charge >= 0.3 is 0 Å². The molecule has 1 amide bonds. The van der Waals surface area contributed by atoms with Crippen LogP contribution in [0.4, 0.5) is 5.69 Å². The predicted octanol–water partition coefficient (Wildman–Crippen LogP) is 2.08. The van der Waals surface area contributed by atoms with Crippen molar-refractivity contribution in [3.63, 3.8) is 0 Å². The number of hydrogen-bond acceptors (Lipinski definition) is 3. The van der Waals surface area contributed by atoms with E-state index in [2.05, 4.69) is 27.7 Å². The van der Waals surface area contributed by atoms with E-state index < -0.39 is 0 Å². The number of piperidine rings is 1. The van der Waals surface area contributed by atoms with Crippen molar-refractivity contribution in [2.75, 3.05) is 32.0 Å². The summed E-state index contributed by atoms with van der Waals surface area (Å²) in [5.41, 5.74) is 2.18. The lowest BCUT2D eigenvalue weighted by Gasteiger charge is -2.31. The zero-order valence-corrected chi connectivity index (χ0v) is 12.5. The van der Waals surface area contributed by atoms with E-state index >= 15 is 0 Å². The summed E-state index contributed by atoms with van der Waals surface area (Å²) in [5, 5.41) is 6.07. The van der Waals surface area contributed by atoms with Gasteiger partial charge in [0.1, 0.15) is 0 Å². The van der Waals surface area contributed by atoms with E-state index in [1.54, 1.807) is 0 Å². The number of carbonyl (C=O) groups is 1. The highest BCUT2D eigenvalue weighted by molar-refractivity contribution is 5.88. The first-order valence-corrected chi connectivity index (χ1v) is 7.41. The first-order chi connectivity index (χ1) is 9.67. The Labute approximate surface area is 121 Å². The van der Waals surface area contributed by atoms with Crippen molar-refractivity contribution in [3.05, 3.63) is 29.8 Å². The van der Waals surface area contributed by atoms with Gasteiger partial charge in [0.05, 0.1) is 0 Å². The molecule has 0 unspecified atom stereocenters. The molecule has 2 N–H and O–H groups in total. The number of nitrogens with one attached hydrogen (secondary N) is 2. The van der Waals surface area contributed by atoms with Gasteiger partial charge in [-0.15, -0.1) is 0 Å². The first-order valence-electron chi connectivity index (χ1n) is 7.41. The minimum atomic E-state index is -0.0237. The van der Waals surface area contributed by atoms with Crippen LogP contribution in [0.25, 0.3) is 0 Å². The second-order valence-electron chi connectivity index (χ2n) is 5.66. The highest BCUT2D eigenvalue weighted by atomic mass is 16.1. The normalized spacial score (nSPS) is 17.1. The Bertz CT molecular complexity index is 422. The van der Waals surface area contributed by atoms with Gasteiger partial charge in [-0.05, 0) is 63.1 Å². The van der Waals surface area contributed by atoms with Crippen molar-refractivity contribution < 1.29 is 4.79 Å². The number of anilines is 1. The van der Waals surface area contributed by atoms with Crippen LogP contribution in [-0.2, 0) is 11.3 Å². The maximum absolute atomic E-state index is 11.0. The number of nitrogens with zero attached hydrogens (tertiary/aromatic N) is 1. The average molecular weight is 275 g/mol. The molecule has 1 aliphatic heterocycles. The van der Waals surface area contributed by atoms with Crippen LogP contribution >= 0.6 is 0 Å². The monoisotopic (exact) mass is 275 g/mol. The molecule has 1 heterocycles. The van der Waals surface area contributed by atoms with Gasteiger partial charge in [0.15, 0.2) is 0 Å². The summed E-state index contributed by atoms with van der Waals surface area (Å²) < 4.78 is 0. The molecule has 1 aliphatic rings. The molecule has 4 heteroatoms. The summed E-state index contributed by atoms with van der Waals surface area (Å²) in [6.45, 7) is 6.04. The lowest BCUT2D eigenvalue weighted by Crippen LogP contribution is -2.36. The highest BCUT2D eigenvalue weighted by Crippen LogP contribution is 2.19. The fourth-order valence-electron chi connectivity index (χ4n) is 2.79. The zero-order valence-electron chi connectivity index (χ0n) is 12.5. The molecule has 4 nitrogen and oxygen atoms in total. The third kappa shape index (κ3) is 4.62. The Morgan fingerprint density at radius 1 is 1.25 bits per heavy atom. The standard InChI is InChI=1S/C16H25N3O/c1-13(20)18-16-5-3-15(4-6-16)12-19-9-7-14(8-10-19)11-17-2/h3-6,14,17H,7-12H2,1-2H3,(H,18,20). The van der Waals surface area contributed by atoms with Crippen LogP contribution in [0.2, 0.25) is 0 Å². The van der Waals surface area contributed by atoms with Gasteiger partial charge in [-0.2, -0.15) is 0 Å². The first kappa shape index (κ1) is 15.0. The van der Waals surface area contributed by atoms with Crippen molar-refractivity contribution in [1.82, 2.24) is 10.2 Å². The minimum absolute atomic E-state index is 0.0237. The van der Waals surface area contributed by atoms with Gasteiger partial charge in [-0.3, -0.25) is 9.69 Å². The molecule has 0 radical (unpaired) electrons. The van der Waals surface area contributed by atoms with Crippen LogP contribution in [0.5, 0.6) is 0 Å². The second kappa shape index (κ2) is 7.41. The van der Waals surface area contributed by atoms with Crippen molar-refractivity contribution in [3.8, 4) is 0 Å². The smallest absolute Gasteiger partial charge is 0.221 e. The number of hydrogen-bond donors (Lipinski definition) is 2. The average Bonchev–Trinajstić information content (AvgIpc) is 2.43. The molecular formula is C16H25N3O. The Balaban J connectivity index is 1.80. The number of benzene rings is 1. The highest BCUT2D eigenvalue weighted by Gasteiger charge is 2.18. The maximum Gasteiger partial charge on any atom is 0.221 e. The molecule has 110 valence electrons. The largest absolute Gasteiger partial charge is 0.326 e. The Kier molecular flexibility index (Phi) is 5.56. The number of carbonyl (C=O) groups excluding carboxylic acids is 1. The van der Waals surface area contributed by atoms with Gasteiger partial charge < -0.3 is 10.6 Å². The van der Waals surface area contributed by atoms with Gasteiger partial charge in [0.25, 0.3) is 0 Å². The predicted molar refractivity (Wildman–Crippen MR) is 82.7 cm³/mol. The molecule has 2 rings (SSSR count). The summed E-state index contributed by atoms with van der Waals surface area (Å²) in [4.78, 5) is 13.5. The SMILES string of the molecule is CNCC1CCN(Cc2ccc(NC(C)=O)cc2)CC1. The number of rotatable bonds is 5. The van der Waals surface area contributed by atoms with E-state index in [4.69, 9.17) is 0 Å². The van der Waals surface area contributed by atoms with Crippen molar-refractivity contribution in [2.45, 2.75) is 26.3 Å². The fraction of sp³-hybridized carbons (Fsp3) is 0.562. The van der Waals surface area contributed by atoms with Crippen LogP contribution in [0, 0.1) is 5.92 Å². The molecule has 0 bridgehead atoms. The van der Waals surface area contributed by atoms with Crippen LogP contribution in [0.1, 0.15) is 25.3 Å². The summed E-state index contributed by atoms with van der Waals surface area (Å²) in [7, 11) is 2.03. The molecule has 1 saturated heterocycles. The van der Waals surface area contributed by atoms with Gasteiger partial charge in [-0.25, -0.2) is 0 Å². The summed E-state index contributed by atoms with van der Waals surface area (Å²) >= 11 is 0. The van der Waals surface area contributed by atoms with E-state index in [9.17, 15) is 4.79 Å². The molecule has 1 aromatic rings. The lowest BCUT2D eigenvalue weighted by molar-refractivity contribution is -0.114. The van der Waals surface area contributed by atoms with Gasteiger partial charge in [0, 0.05) is 19.2 Å². The lowest BCUT2D eigenvalue weighted by atomic mass is 9.96. The molecule has 0 atom stereocenters. The minimum Gasteiger partial charge on any atom is -0.326 e. The molecule has 1 aromatic carbocycles. The Morgan fingerprint density at radius 2 is 1.90 bits per heavy atom. The molecule has 0 aliphatic carbocycles. The molecule has 0 saturated carbocycles. The topological polar surface area (TPSA) is 44.4 Å². The van der Waals surface area contributed by atoms with Crippen LogP contribution < -0.4 is 10.6 Å². The Hall–Kier alpha value is -1.39. The van der Waals surface area contributed by atoms with Crippen molar-refractivity contribution in [2.24, 2.45) is 5.92 Å². The van der Waals surface area contributed by atoms with Gasteiger partial charge in [-0.1, -0.05) is 12.1 Å². The third-order valence-electron chi connectivity index (χ3n) is 3.88. The van der Waals surface area contributed by atoms with E-state index in [0.29, 0.717) is 0 Å². The quantitative estimate of drug-likeness (QED) is 0.864. The maximum atomic E-state index is 11.0. The zero-order chi connectivity index (χ0) is 14.4. The fourth-order valence-corrected chi connectivity index (χ4v) is 2.79. The molecule has 20 heavy (non-hydrogen) atoms. The van der Waals surface area contributed by atoms with Gasteiger partial charge in [0.2, 0.25) is 5.91 Å². The van der Waals surface area contributed by atoms with Crippen molar-refractivity contribution >= 4 is 11.6 Å². The Morgan fingerprint density at radius 3 is 2.45 bits per heavy atom. The number of likely N-dealkylation sites (tertiary alicyclic amines) is 1. The van der Waals surface area contributed by atoms with Crippen LogP contribution in [0.3, 0.4) is 0 Å². The third-order valence-corrected chi connectivity index (χ3v) is 3.88. The molecule has 0 spiro atoms. The van der Waals surface area contributed by atoms with Crippen molar-refractivity contribution in [1.29, 1.82) is 0 Å². The van der Waals surface area contributed by atoms with E-state index in [1.165, 1.54) is 38.4 Å². The summed E-state index contributed by atoms with van der Waals surface area (Å²) in [6.07, 6.45) is 2.57. The van der Waals surface area contributed by atoms with E-state index in [1.807, 2.05) is 19.2 Å². The van der Waals surface area contributed by atoms with E-state index in [-0.39, 0.29) is 5.91 Å². The summed E-state index contributed by atoms with van der Waals surface area (Å²) in [5.74, 6) is 0.808. The number of amides is 1. The second-order valence-corrected chi connectivity index (χ2v) is 5.66. The molecular weight excluding hydrogens is 250 g/mol. The van der Waals surface area contributed by atoms with Crippen LogP contribution in [0.15, 0.2) is 24.3 Å². The summed E-state index contributed by atoms with van der Waals surface area (Å²) in [6, 6.07) is 8.16. The van der Waals surface area contributed by atoms with Crippen LogP contribution in [-0.4, -0.2) is 37.5 Å². The van der Waals surface area contributed by atoms with E-state index in [0.717, 1.165) is 24.7 Å². The molecule has 0 aromatic heterocycles. The molecule has 1 fully saturated rings.